The lowest BCUT2D eigenvalue weighted by Crippen LogP contribution is -2.48. The molecule has 0 N–H and O–H groups in total. The summed E-state index contributed by atoms with van der Waals surface area (Å²) >= 11 is 7.68. The highest BCUT2D eigenvalue weighted by molar-refractivity contribution is 7.14. The van der Waals surface area contributed by atoms with E-state index in [9.17, 15) is 9.59 Å². The number of thiophene rings is 1. The highest BCUT2D eigenvalue weighted by atomic mass is 35.5. The second-order valence-corrected chi connectivity index (χ2v) is 8.58. The number of carbonyl (C=O) groups is 2. The van der Waals surface area contributed by atoms with Crippen LogP contribution in [0.15, 0.2) is 30.3 Å². The van der Waals surface area contributed by atoms with Crippen LogP contribution in [0.2, 0.25) is 5.02 Å². The predicted molar refractivity (Wildman–Crippen MR) is 109 cm³/mol. The van der Waals surface area contributed by atoms with Gasteiger partial charge < -0.3 is 14.7 Å². The van der Waals surface area contributed by atoms with Crippen LogP contribution in [0.3, 0.4) is 0 Å². The van der Waals surface area contributed by atoms with E-state index in [-0.39, 0.29) is 11.8 Å². The number of rotatable bonds is 2. The maximum absolute atomic E-state index is 12.9. The number of carbonyl (C=O) groups excluding carboxylic acids is 2. The number of amides is 2. The van der Waals surface area contributed by atoms with Crippen molar-refractivity contribution in [3.8, 4) is 0 Å². The third kappa shape index (κ3) is 3.82. The number of fused-ring (bicyclic) bond motifs is 1. The van der Waals surface area contributed by atoms with Gasteiger partial charge in [0.05, 0.1) is 4.88 Å². The molecule has 0 bridgehead atoms. The van der Waals surface area contributed by atoms with Gasteiger partial charge in [0.25, 0.3) is 5.91 Å². The molecule has 2 amide bonds. The maximum atomic E-state index is 12.9. The highest BCUT2D eigenvalue weighted by Crippen LogP contribution is 2.29. The molecule has 2 aliphatic rings. The average molecular weight is 404 g/mol. The van der Waals surface area contributed by atoms with Gasteiger partial charge in [-0.1, -0.05) is 17.7 Å². The molecule has 142 valence electrons. The van der Waals surface area contributed by atoms with E-state index in [4.69, 9.17) is 11.6 Å². The molecule has 4 rings (SSSR count). The monoisotopic (exact) mass is 403 g/mol. The predicted octanol–water partition coefficient (Wildman–Crippen LogP) is 3.27. The van der Waals surface area contributed by atoms with E-state index < -0.39 is 0 Å². The Kier molecular flexibility index (Phi) is 5.10. The quantitative estimate of drug-likeness (QED) is 0.773. The van der Waals surface area contributed by atoms with Crippen molar-refractivity contribution in [2.75, 3.05) is 37.6 Å². The average Bonchev–Trinajstić information content (AvgIpc) is 3.11. The van der Waals surface area contributed by atoms with Gasteiger partial charge in [-0.25, -0.2) is 0 Å². The number of nitrogens with zero attached hydrogens (tertiary/aromatic N) is 3. The molecule has 1 aromatic carbocycles. The molecule has 5 nitrogen and oxygen atoms in total. The molecule has 1 saturated heterocycles. The van der Waals surface area contributed by atoms with Gasteiger partial charge in [0, 0.05) is 61.8 Å². The number of benzene rings is 1. The molecule has 1 fully saturated rings. The van der Waals surface area contributed by atoms with Gasteiger partial charge in [0.1, 0.15) is 0 Å². The van der Waals surface area contributed by atoms with Crippen LogP contribution in [0.5, 0.6) is 0 Å². The van der Waals surface area contributed by atoms with Crippen molar-refractivity contribution in [3.05, 3.63) is 50.7 Å². The Balaban J connectivity index is 1.41. The number of hydrogen-bond donors (Lipinski definition) is 0. The van der Waals surface area contributed by atoms with E-state index in [2.05, 4.69) is 11.0 Å². The number of anilines is 1. The van der Waals surface area contributed by atoms with Gasteiger partial charge in [0.15, 0.2) is 0 Å². The normalized spacial score (nSPS) is 17.0. The molecule has 27 heavy (non-hydrogen) atoms. The van der Waals surface area contributed by atoms with Gasteiger partial charge in [-0.3, -0.25) is 9.59 Å². The summed E-state index contributed by atoms with van der Waals surface area (Å²) in [5.74, 6) is 0.200. The Bertz CT molecular complexity index is 874. The minimum absolute atomic E-state index is 0.0943. The Morgan fingerprint density at radius 2 is 1.81 bits per heavy atom. The minimum atomic E-state index is 0.0943. The largest absolute Gasteiger partial charge is 0.368 e. The summed E-state index contributed by atoms with van der Waals surface area (Å²) < 4.78 is 0. The summed E-state index contributed by atoms with van der Waals surface area (Å²) in [5, 5.41) is 0.731. The molecule has 0 saturated carbocycles. The lowest BCUT2D eigenvalue weighted by atomic mass is 10.1. The SMILES string of the molecule is CC(=O)N1CCc2sc(C(=O)N3CCN(c4cccc(Cl)c4)CC3)cc2C1. The second kappa shape index (κ2) is 7.52. The van der Waals surface area contributed by atoms with Crippen LogP contribution in [0, 0.1) is 0 Å². The van der Waals surface area contributed by atoms with Crippen molar-refractivity contribution in [2.24, 2.45) is 0 Å². The molecule has 2 aromatic rings. The Labute approximate surface area is 168 Å². The van der Waals surface area contributed by atoms with Crippen LogP contribution in [0.4, 0.5) is 5.69 Å². The molecule has 0 radical (unpaired) electrons. The van der Waals surface area contributed by atoms with Crippen LogP contribution in [-0.4, -0.2) is 54.3 Å². The lowest BCUT2D eigenvalue weighted by Gasteiger charge is -2.36. The Morgan fingerprint density at radius 3 is 2.52 bits per heavy atom. The first-order valence-electron chi connectivity index (χ1n) is 9.18. The zero-order valence-electron chi connectivity index (χ0n) is 15.3. The molecule has 0 atom stereocenters. The fourth-order valence-electron chi connectivity index (χ4n) is 3.70. The Morgan fingerprint density at radius 1 is 1.04 bits per heavy atom. The van der Waals surface area contributed by atoms with Crippen LogP contribution >= 0.6 is 22.9 Å². The third-order valence-corrected chi connectivity index (χ3v) is 6.72. The fourth-order valence-corrected chi connectivity index (χ4v) is 5.02. The van der Waals surface area contributed by atoms with Gasteiger partial charge in [0.2, 0.25) is 5.91 Å². The number of piperazine rings is 1. The zero-order chi connectivity index (χ0) is 19.0. The van der Waals surface area contributed by atoms with Crippen molar-refractivity contribution in [1.82, 2.24) is 9.80 Å². The van der Waals surface area contributed by atoms with Crippen molar-refractivity contribution in [2.45, 2.75) is 19.9 Å². The number of hydrogen-bond acceptors (Lipinski definition) is 4. The number of halogens is 1. The van der Waals surface area contributed by atoms with E-state index in [0.717, 1.165) is 47.2 Å². The van der Waals surface area contributed by atoms with E-state index >= 15 is 0 Å². The summed E-state index contributed by atoms with van der Waals surface area (Å²) in [7, 11) is 0. The zero-order valence-corrected chi connectivity index (χ0v) is 16.9. The van der Waals surface area contributed by atoms with Gasteiger partial charge in [-0.15, -0.1) is 11.3 Å². The molecule has 7 heteroatoms. The van der Waals surface area contributed by atoms with Crippen LogP contribution < -0.4 is 4.90 Å². The summed E-state index contributed by atoms with van der Waals surface area (Å²) in [6, 6.07) is 9.83. The fraction of sp³-hybridized carbons (Fsp3) is 0.400. The molecule has 2 aliphatic heterocycles. The van der Waals surface area contributed by atoms with Crippen molar-refractivity contribution < 1.29 is 9.59 Å². The smallest absolute Gasteiger partial charge is 0.264 e. The molecular weight excluding hydrogens is 382 g/mol. The van der Waals surface area contributed by atoms with E-state index in [0.29, 0.717) is 19.6 Å². The molecule has 0 unspecified atom stereocenters. The molecule has 3 heterocycles. The lowest BCUT2D eigenvalue weighted by molar-refractivity contribution is -0.129. The highest BCUT2D eigenvalue weighted by Gasteiger charge is 2.27. The summed E-state index contributed by atoms with van der Waals surface area (Å²) in [6.07, 6.45) is 0.843. The topological polar surface area (TPSA) is 43.9 Å². The van der Waals surface area contributed by atoms with Gasteiger partial charge >= 0.3 is 0 Å². The van der Waals surface area contributed by atoms with Crippen LogP contribution in [0.1, 0.15) is 27.0 Å². The van der Waals surface area contributed by atoms with E-state index in [1.54, 1.807) is 18.3 Å². The molecule has 0 aliphatic carbocycles. The minimum Gasteiger partial charge on any atom is -0.368 e. The van der Waals surface area contributed by atoms with Crippen molar-refractivity contribution in [1.29, 1.82) is 0 Å². The van der Waals surface area contributed by atoms with Crippen LogP contribution in [-0.2, 0) is 17.8 Å². The second-order valence-electron chi connectivity index (χ2n) is 7.01. The Hall–Kier alpha value is -2.05. The van der Waals surface area contributed by atoms with E-state index in [1.807, 2.05) is 34.1 Å². The van der Waals surface area contributed by atoms with E-state index in [1.165, 1.54) is 4.88 Å². The van der Waals surface area contributed by atoms with Gasteiger partial charge in [-0.2, -0.15) is 0 Å². The first kappa shape index (κ1) is 18.3. The first-order chi connectivity index (χ1) is 13.0. The molecule has 0 spiro atoms. The molecular formula is C20H22ClN3O2S. The van der Waals surface area contributed by atoms with Crippen LogP contribution in [0.25, 0.3) is 0 Å². The summed E-state index contributed by atoms with van der Waals surface area (Å²) in [6.45, 7) is 5.97. The van der Waals surface area contributed by atoms with Gasteiger partial charge in [-0.05, 0) is 36.2 Å². The first-order valence-corrected chi connectivity index (χ1v) is 10.4. The standard InChI is InChI=1S/C20H22ClN3O2S/c1-14(25)24-6-5-18-15(13-24)11-19(27-18)20(26)23-9-7-22(8-10-23)17-4-2-3-16(21)12-17/h2-4,11-12H,5-10,13H2,1H3. The maximum Gasteiger partial charge on any atom is 0.264 e. The van der Waals surface area contributed by atoms with Crippen molar-refractivity contribution in [3.63, 3.8) is 0 Å². The third-order valence-electron chi connectivity index (χ3n) is 5.26. The summed E-state index contributed by atoms with van der Waals surface area (Å²) in [5.41, 5.74) is 2.23. The molecule has 1 aromatic heterocycles. The van der Waals surface area contributed by atoms with Crippen molar-refractivity contribution >= 4 is 40.4 Å². The summed E-state index contributed by atoms with van der Waals surface area (Å²) in [4.78, 5) is 32.6.